The lowest BCUT2D eigenvalue weighted by atomic mass is 9.93. The molecule has 1 amide bonds. The maximum absolute atomic E-state index is 12.6. The van der Waals surface area contributed by atoms with Gasteiger partial charge in [0.05, 0.1) is 25.6 Å². The van der Waals surface area contributed by atoms with Crippen molar-refractivity contribution in [2.45, 2.75) is 24.9 Å². The Morgan fingerprint density at radius 2 is 1.70 bits per heavy atom. The zero-order chi connectivity index (χ0) is 22.6. The van der Waals surface area contributed by atoms with E-state index in [2.05, 4.69) is 45.0 Å². The normalized spacial score (nSPS) is 17.0. The number of anilines is 2. The summed E-state index contributed by atoms with van der Waals surface area (Å²) in [6.07, 6.45) is 1.07. The van der Waals surface area contributed by atoms with Gasteiger partial charge in [-0.15, -0.1) is 5.10 Å². The number of rotatable bonds is 6. The Morgan fingerprint density at radius 1 is 1.00 bits per heavy atom. The first kappa shape index (κ1) is 20.8. The number of carbonyl (C=O) groups is 1. The molecule has 2 heterocycles. The highest BCUT2D eigenvalue weighted by Crippen LogP contribution is 2.38. The van der Waals surface area contributed by atoms with Gasteiger partial charge in [0.2, 0.25) is 11.9 Å². The zero-order valence-corrected chi connectivity index (χ0v) is 18.3. The summed E-state index contributed by atoms with van der Waals surface area (Å²) in [5.41, 5.74) is 3.23. The van der Waals surface area contributed by atoms with Crippen molar-refractivity contribution in [1.82, 2.24) is 14.8 Å². The fourth-order valence-corrected chi connectivity index (χ4v) is 4.19. The summed E-state index contributed by atoms with van der Waals surface area (Å²) in [5.74, 6) is 1.58. The first-order chi connectivity index (χ1) is 16.2. The number of benzene rings is 3. The summed E-state index contributed by atoms with van der Waals surface area (Å²) < 4.78 is 7.18. The van der Waals surface area contributed by atoms with Gasteiger partial charge in [-0.1, -0.05) is 72.8 Å². The summed E-state index contributed by atoms with van der Waals surface area (Å²) in [7, 11) is 1.66. The number of aromatic nitrogens is 3. The van der Waals surface area contributed by atoms with Crippen LogP contribution >= 0.6 is 0 Å². The molecule has 2 N–H and O–H groups in total. The highest BCUT2D eigenvalue weighted by atomic mass is 16.5. The number of nitrogens with one attached hydrogen (secondary N) is 2. The third-order valence-electron chi connectivity index (χ3n) is 5.85. The van der Waals surface area contributed by atoms with E-state index in [4.69, 9.17) is 4.74 Å². The Morgan fingerprint density at radius 3 is 2.39 bits per heavy atom. The lowest BCUT2D eigenvalue weighted by Crippen LogP contribution is -2.28. The summed E-state index contributed by atoms with van der Waals surface area (Å²) in [5, 5.41) is 11.0. The first-order valence-electron chi connectivity index (χ1n) is 11.0. The minimum absolute atomic E-state index is 0.0374. The number of ether oxygens (including phenoxy) is 1. The molecule has 2 atom stereocenters. The number of amides is 1. The van der Waals surface area contributed by atoms with Crippen molar-refractivity contribution in [3.63, 3.8) is 0 Å². The first-order valence-corrected chi connectivity index (χ1v) is 11.0. The van der Waals surface area contributed by atoms with Gasteiger partial charge in [0, 0.05) is 0 Å². The molecule has 0 spiro atoms. The molecular weight excluding hydrogens is 414 g/mol. The second-order valence-corrected chi connectivity index (χ2v) is 8.05. The van der Waals surface area contributed by atoms with Crippen molar-refractivity contribution >= 4 is 17.8 Å². The third-order valence-corrected chi connectivity index (χ3v) is 5.85. The molecule has 4 aromatic rings. The van der Waals surface area contributed by atoms with Crippen molar-refractivity contribution in [2.24, 2.45) is 0 Å². The van der Waals surface area contributed by atoms with Crippen molar-refractivity contribution in [2.75, 3.05) is 17.7 Å². The summed E-state index contributed by atoms with van der Waals surface area (Å²) >= 11 is 0. The van der Waals surface area contributed by atoms with Crippen LogP contribution in [0.1, 0.15) is 35.2 Å². The van der Waals surface area contributed by atoms with Gasteiger partial charge >= 0.3 is 0 Å². The van der Waals surface area contributed by atoms with Gasteiger partial charge in [-0.25, -0.2) is 4.68 Å². The van der Waals surface area contributed by atoms with Gasteiger partial charge < -0.3 is 10.1 Å². The van der Waals surface area contributed by atoms with Gasteiger partial charge in [-0.3, -0.25) is 10.1 Å². The Balaban J connectivity index is 1.43. The fraction of sp³-hybridized carbons (Fsp3) is 0.192. The molecule has 5 rings (SSSR count). The Hall–Kier alpha value is -4.13. The number of hydrogen-bond donors (Lipinski definition) is 2. The van der Waals surface area contributed by atoms with Crippen LogP contribution in [0, 0.1) is 0 Å². The summed E-state index contributed by atoms with van der Waals surface area (Å²) in [6.45, 7) is 0. The largest absolute Gasteiger partial charge is 0.497 e. The standard InChI is InChI=1S/C26H25N5O2/c1-33-21-14-12-20(13-15-21)23-17-22(19-10-6-3-7-11-19)27-26-29-25(30-31(23)26)28-24(32)16-18-8-4-2-5-9-18/h2-15,22-23H,16-17H2,1H3,(H2,27,28,29,30,32)/t22-,23+/m1/s1. The number of nitrogens with zero attached hydrogens (tertiary/aromatic N) is 3. The topological polar surface area (TPSA) is 81.1 Å². The van der Waals surface area contributed by atoms with Crippen molar-refractivity contribution in [1.29, 1.82) is 0 Å². The van der Waals surface area contributed by atoms with Crippen LogP contribution < -0.4 is 15.4 Å². The van der Waals surface area contributed by atoms with E-state index in [1.807, 2.05) is 65.3 Å². The van der Waals surface area contributed by atoms with Gasteiger partial charge in [0.15, 0.2) is 0 Å². The van der Waals surface area contributed by atoms with Gasteiger partial charge in [-0.05, 0) is 35.2 Å². The predicted molar refractivity (Wildman–Crippen MR) is 127 cm³/mol. The average Bonchev–Trinajstić information content (AvgIpc) is 3.26. The molecule has 0 bridgehead atoms. The molecule has 0 aliphatic carbocycles. The van der Waals surface area contributed by atoms with E-state index >= 15 is 0 Å². The van der Waals surface area contributed by atoms with E-state index in [0.29, 0.717) is 11.9 Å². The van der Waals surface area contributed by atoms with E-state index in [1.54, 1.807) is 7.11 Å². The van der Waals surface area contributed by atoms with Gasteiger partial charge in [-0.2, -0.15) is 4.98 Å². The molecule has 7 heteroatoms. The molecular formula is C26H25N5O2. The summed E-state index contributed by atoms with van der Waals surface area (Å²) in [4.78, 5) is 17.2. The number of hydrogen-bond acceptors (Lipinski definition) is 5. The molecule has 166 valence electrons. The van der Waals surface area contributed by atoms with Crippen LogP contribution in [-0.2, 0) is 11.2 Å². The quantitative estimate of drug-likeness (QED) is 0.458. The number of carbonyl (C=O) groups excluding carboxylic acids is 1. The fourth-order valence-electron chi connectivity index (χ4n) is 4.19. The lowest BCUT2D eigenvalue weighted by Gasteiger charge is -2.31. The maximum atomic E-state index is 12.6. The SMILES string of the molecule is COc1ccc([C@@H]2C[C@H](c3ccccc3)Nc3nc(NC(=O)Cc4ccccc4)nn32)cc1. The summed E-state index contributed by atoms with van der Waals surface area (Å²) in [6, 6.07) is 28.0. The van der Waals surface area contributed by atoms with E-state index in [1.165, 1.54) is 5.56 Å². The predicted octanol–water partition coefficient (Wildman–Crippen LogP) is 4.61. The number of fused-ring (bicyclic) bond motifs is 1. The van der Waals surface area contributed by atoms with Crippen LogP contribution in [0.2, 0.25) is 0 Å². The van der Waals surface area contributed by atoms with E-state index in [-0.39, 0.29) is 24.4 Å². The smallest absolute Gasteiger partial charge is 0.250 e. The molecule has 1 aliphatic heterocycles. The van der Waals surface area contributed by atoms with Crippen molar-refractivity contribution in [3.05, 3.63) is 102 Å². The van der Waals surface area contributed by atoms with Crippen LogP contribution in [0.3, 0.4) is 0 Å². The van der Waals surface area contributed by atoms with Crippen LogP contribution in [0.25, 0.3) is 0 Å². The minimum atomic E-state index is -0.148. The highest BCUT2D eigenvalue weighted by Gasteiger charge is 2.31. The monoisotopic (exact) mass is 439 g/mol. The third kappa shape index (κ3) is 4.57. The molecule has 0 saturated heterocycles. The Labute approximate surface area is 192 Å². The maximum Gasteiger partial charge on any atom is 0.250 e. The molecule has 7 nitrogen and oxygen atoms in total. The average molecular weight is 440 g/mol. The van der Waals surface area contributed by atoms with Crippen molar-refractivity contribution < 1.29 is 9.53 Å². The van der Waals surface area contributed by atoms with E-state index in [9.17, 15) is 4.79 Å². The van der Waals surface area contributed by atoms with Crippen molar-refractivity contribution in [3.8, 4) is 5.75 Å². The molecule has 1 aliphatic rings. The Kier molecular flexibility index (Phi) is 5.76. The minimum Gasteiger partial charge on any atom is -0.497 e. The van der Waals surface area contributed by atoms with Crippen LogP contribution in [0.5, 0.6) is 5.75 Å². The highest BCUT2D eigenvalue weighted by molar-refractivity contribution is 5.90. The molecule has 3 aromatic carbocycles. The number of methoxy groups -OCH3 is 1. The zero-order valence-electron chi connectivity index (χ0n) is 18.3. The lowest BCUT2D eigenvalue weighted by molar-refractivity contribution is -0.115. The molecule has 33 heavy (non-hydrogen) atoms. The Bertz CT molecular complexity index is 1220. The molecule has 0 saturated carbocycles. The van der Waals surface area contributed by atoms with Gasteiger partial charge in [0.1, 0.15) is 5.75 Å². The molecule has 0 fully saturated rings. The van der Waals surface area contributed by atoms with Crippen LogP contribution in [-0.4, -0.2) is 27.8 Å². The van der Waals surface area contributed by atoms with E-state index in [0.717, 1.165) is 23.3 Å². The molecule has 1 aromatic heterocycles. The van der Waals surface area contributed by atoms with E-state index < -0.39 is 0 Å². The second kappa shape index (κ2) is 9.16. The van der Waals surface area contributed by atoms with Gasteiger partial charge in [0.25, 0.3) is 5.95 Å². The van der Waals surface area contributed by atoms with Crippen LogP contribution in [0.15, 0.2) is 84.9 Å². The second-order valence-electron chi connectivity index (χ2n) is 8.05. The molecule has 0 radical (unpaired) electrons. The van der Waals surface area contributed by atoms with Crippen LogP contribution in [0.4, 0.5) is 11.9 Å². The molecule has 0 unspecified atom stereocenters.